The van der Waals surface area contributed by atoms with Crippen LogP contribution in [-0.2, 0) is 0 Å². The molecule has 0 aliphatic heterocycles. The molecular weight excluding hydrogens is 266 g/mol. The average Bonchev–Trinajstić information content (AvgIpc) is 2.78. The second-order valence-corrected chi connectivity index (χ2v) is 4.46. The molecule has 80 valence electrons. The average molecular weight is 276 g/mol. The molecule has 0 spiro atoms. The lowest BCUT2D eigenvalue weighted by Gasteiger charge is -1.98. The zero-order valence-electron chi connectivity index (χ0n) is 8.74. The van der Waals surface area contributed by atoms with Gasteiger partial charge in [-0.25, -0.2) is 4.98 Å². The third-order valence-electron chi connectivity index (χ3n) is 2.37. The monoisotopic (exact) mass is 275 g/mol. The lowest BCUT2D eigenvalue weighted by atomic mass is 10.1. The molecule has 4 heteroatoms. The van der Waals surface area contributed by atoms with E-state index in [1.165, 1.54) is 0 Å². The lowest BCUT2D eigenvalue weighted by molar-refractivity contribution is 0.936. The zero-order chi connectivity index (χ0) is 11.5. The lowest BCUT2D eigenvalue weighted by Crippen LogP contribution is -1.89. The van der Waals surface area contributed by atoms with Gasteiger partial charge in [0.25, 0.3) is 0 Å². The van der Waals surface area contributed by atoms with Gasteiger partial charge in [-0.1, -0.05) is 28.1 Å². The summed E-state index contributed by atoms with van der Waals surface area (Å²) < 4.78 is 1.04. The van der Waals surface area contributed by atoms with E-state index < -0.39 is 0 Å². The van der Waals surface area contributed by atoms with E-state index in [0.717, 1.165) is 21.6 Å². The van der Waals surface area contributed by atoms with Crippen molar-refractivity contribution >= 4 is 15.9 Å². The summed E-state index contributed by atoms with van der Waals surface area (Å²) >= 11 is 3.38. The highest BCUT2D eigenvalue weighted by Crippen LogP contribution is 2.21. The van der Waals surface area contributed by atoms with Gasteiger partial charge in [-0.15, -0.1) is 0 Å². The highest BCUT2D eigenvalue weighted by molar-refractivity contribution is 9.10. The van der Waals surface area contributed by atoms with E-state index in [-0.39, 0.29) is 5.92 Å². The molecule has 1 heterocycles. The number of hydrogen-bond donors (Lipinski definition) is 1. The summed E-state index contributed by atoms with van der Waals surface area (Å²) in [5.41, 5.74) is 1.86. The Balaban J connectivity index is 2.32. The number of rotatable bonds is 2. The standard InChI is InChI=1S/C12H10BrN3/c1-8(6-14)11-7-15-12(16-11)9-2-4-10(13)5-3-9/h2-5,7-8H,1H3,(H,15,16). The quantitative estimate of drug-likeness (QED) is 0.913. The topological polar surface area (TPSA) is 52.5 Å². The Morgan fingerprint density at radius 2 is 2.06 bits per heavy atom. The van der Waals surface area contributed by atoms with Gasteiger partial charge >= 0.3 is 0 Å². The van der Waals surface area contributed by atoms with E-state index in [2.05, 4.69) is 32.0 Å². The van der Waals surface area contributed by atoms with Crippen LogP contribution in [0.1, 0.15) is 18.5 Å². The Morgan fingerprint density at radius 1 is 1.38 bits per heavy atom. The van der Waals surface area contributed by atoms with E-state index in [1.807, 2.05) is 31.2 Å². The maximum absolute atomic E-state index is 8.80. The fraction of sp³-hybridized carbons (Fsp3) is 0.167. The number of halogens is 1. The molecule has 0 radical (unpaired) electrons. The van der Waals surface area contributed by atoms with Gasteiger partial charge in [0.2, 0.25) is 0 Å². The second kappa shape index (κ2) is 4.50. The Hall–Kier alpha value is -1.60. The van der Waals surface area contributed by atoms with Crippen molar-refractivity contribution in [2.24, 2.45) is 0 Å². The minimum absolute atomic E-state index is 0.156. The van der Waals surface area contributed by atoms with Crippen LogP contribution >= 0.6 is 15.9 Å². The number of hydrogen-bond acceptors (Lipinski definition) is 2. The first-order chi connectivity index (χ1) is 7.70. The molecule has 1 aromatic heterocycles. The molecular formula is C12H10BrN3. The molecule has 2 rings (SSSR count). The largest absolute Gasteiger partial charge is 0.341 e. The Kier molecular flexibility index (Phi) is 3.07. The summed E-state index contributed by atoms with van der Waals surface area (Å²) in [4.78, 5) is 7.41. The van der Waals surface area contributed by atoms with Crippen molar-refractivity contribution in [2.45, 2.75) is 12.8 Å². The first-order valence-corrected chi connectivity index (χ1v) is 5.70. The predicted octanol–water partition coefficient (Wildman–Crippen LogP) is 3.47. The number of aromatic nitrogens is 2. The van der Waals surface area contributed by atoms with E-state index >= 15 is 0 Å². The third kappa shape index (κ3) is 2.15. The van der Waals surface area contributed by atoms with Crippen molar-refractivity contribution in [2.75, 3.05) is 0 Å². The molecule has 2 aromatic rings. The Morgan fingerprint density at radius 3 is 2.69 bits per heavy atom. The van der Waals surface area contributed by atoms with Crippen molar-refractivity contribution in [1.82, 2.24) is 9.97 Å². The molecule has 1 unspecified atom stereocenters. The molecule has 3 nitrogen and oxygen atoms in total. The number of nitriles is 1. The summed E-state index contributed by atoms with van der Waals surface area (Å²) in [6.07, 6.45) is 1.71. The van der Waals surface area contributed by atoms with Gasteiger partial charge in [-0.2, -0.15) is 5.26 Å². The minimum Gasteiger partial charge on any atom is -0.341 e. The van der Waals surface area contributed by atoms with Crippen LogP contribution in [0, 0.1) is 11.3 Å². The molecule has 0 saturated heterocycles. The predicted molar refractivity (Wildman–Crippen MR) is 65.8 cm³/mol. The number of nitrogens with one attached hydrogen (secondary N) is 1. The molecule has 0 aliphatic carbocycles. The first kappa shape index (κ1) is 10.9. The van der Waals surface area contributed by atoms with Gasteiger partial charge in [-0.3, -0.25) is 0 Å². The fourth-order valence-electron chi connectivity index (χ4n) is 1.38. The molecule has 0 bridgehead atoms. The van der Waals surface area contributed by atoms with Gasteiger partial charge in [-0.05, 0) is 19.1 Å². The van der Waals surface area contributed by atoms with Gasteiger partial charge in [0.15, 0.2) is 0 Å². The fourth-order valence-corrected chi connectivity index (χ4v) is 1.64. The number of imidazole rings is 1. The van der Waals surface area contributed by atoms with Crippen LogP contribution in [0.5, 0.6) is 0 Å². The molecule has 0 saturated carbocycles. The maximum Gasteiger partial charge on any atom is 0.137 e. The van der Waals surface area contributed by atoms with E-state index in [1.54, 1.807) is 6.20 Å². The Bertz CT molecular complexity index is 522. The molecule has 1 aromatic carbocycles. The van der Waals surface area contributed by atoms with Crippen LogP contribution in [0.4, 0.5) is 0 Å². The van der Waals surface area contributed by atoms with E-state index in [4.69, 9.17) is 5.26 Å². The minimum atomic E-state index is -0.156. The summed E-state index contributed by atoms with van der Waals surface area (Å²) in [5.74, 6) is 0.640. The van der Waals surface area contributed by atoms with E-state index in [9.17, 15) is 0 Å². The van der Waals surface area contributed by atoms with Crippen molar-refractivity contribution in [1.29, 1.82) is 5.26 Å². The number of aromatic amines is 1. The highest BCUT2D eigenvalue weighted by atomic mass is 79.9. The third-order valence-corrected chi connectivity index (χ3v) is 2.90. The summed E-state index contributed by atoms with van der Waals surface area (Å²) in [6, 6.07) is 10.1. The van der Waals surface area contributed by atoms with Crippen molar-refractivity contribution in [3.05, 3.63) is 40.6 Å². The van der Waals surface area contributed by atoms with Crippen LogP contribution in [-0.4, -0.2) is 9.97 Å². The number of nitrogens with zero attached hydrogens (tertiary/aromatic N) is 2. The molecule has 1 N–H and O–H groups in total. The van der Waals surface area contributed by atoms with Gasteiger partial charge in [0, 0.05) is 16.2 Å². The summed E-state index contributed by atoms with van der Waals surface area (Å²) in [6.45, 7) is 1.85. The summed E-state index contributed by atoms with van der Waals surface area (Å²) in [7, 11) is 0. The van der Waals surface area contributed by atoms with Gasteiger partial charge in [0.05, 0.1) is 17.7 Å². The number of benzene rings is 1. The van der Waals surface area contributed by atoms with E-state index in [0.29, 0.717) is 0 Å². The van der Waals surface area contributed by atoms with Crippen LogP contribution < -0.4 is 0 Å². The summed E-state index contributed by atoms with van der Waals surface area (Å²) in [5, 5.41) is 8.80. The highest BCUT2D eigenvalue weighted by Gasteiger charge is 2.08. The van der Waals surface area contributed by atoms with Crippen molar-refractivity contribution in [3.63, 3.8) is 0 Å². The molecule has 1 atom stereocenters. The second-order valence-electron chi connectivity index (χ2n) is 3.54. The van der Waals surface area contributed by atoms with Crippen molar-refractivity contribution in [3.8, 4) is 17.5 Å². The SMILES string of the molecule is CC(C#N)c1cnc(-c2ccc(Br)cc2)[nH]1. The number of H-pyrrole nitrogens is 1. The van der Waals surface area contributed by atoms with Gasteiger partial charge < -0.3 is 4.98 Å². The van der Waals surface area contributed by atoms with Crippen LogP contribution in [0.3, 0.4) is 0 Å². The van der Waals surface area contributed by atoms with Crippen LogP contribution in [0.25, 0.3) is 11.4 Å². The molecule has 0 aliphatic rings. The maximum atomic E-state index is 8.80. The van der Waals surface area contributed by atoms with Gasteiger partial charge in [0.1, 0.15) is 5.82 Å². The zero-order valence-corrected chi connectivity index (χ0v) is 10.3. The van der Waals surface area contributed by atoms with Crippen molar-refractivity contribution < 1.29 is 0 Å². The Labute approximate surface area is 102 Å². The normalized spacial score (nSPS) is 12.1. The first-order valence-electron chi connectivity index (χ1n) is 4.91. The molecule has 0 fully saturated rings. The molecule has 0 amide bonds. The molecule has 16 heavy (non-hydrogen) atoms. The smallest absolute Gasteiger partial charge is 0.137 e. The van der Waals surface area contributed by atoms with Crippen LogP contribution in [0.15, 0.2) is 34.9 Å². The van der Waals surface area contributed by atoms with Crippen LogP contribution in [0.2, 0.25) is 0 Å².